The molecule has 1 aliphatic heterocycles. The van der Waals surface area contributed by atoms with Gasteiger partial charge >= 0.3 is 5.97 Å². The normalized spacial score (nSPS) is 21.3. The van der Waals surface area contributed by atoms with Gasteiger partial charge in [-0.2, -0.15) is 23.5 Å². The first-order chi connectivity index (χ1) is 8.63. The molecule has 1 fully saturated rings. The summed E-state index contributed by atoms with van der Waals surface area (Å²) in [5, 5.41) is 12.1. The van der Waals surface area contributed by atoms with Crippen molar-refractivity contribution in [2.45, 2.75) is 31.4 Å². The van der Waals surface area contributed by atoms with Gasteiger partial charge in [-0.05, 0) is 6.42 Å². The number of nitrogens with one attached hydrogen (secondary N) is 1. The van der Waals surface area contributed by atoms with Crippen LogP contribution in [0.2, 0.25) is 0 Å². The highest BCUT2D eigenvalue weighted by Gasteiger charge is 2.20. The van der Waals surface area contributed by atoms with Crippen molar-refractivity contribution in [3.8, 4) is 0 Å². The molecule has 0 aromatic carbocycles. The predicted molar refractivity (Wildman–Crippen MR) is 77.2 cm³/mol. The zero-order valence-corrected chi connectivity index (χ0v) is 12.3. The maximum atomic E-state index is 11.7. The molecule has 0 radical (unpaired) electrons. The molecular formula is C12H21NO3S2. The van der Waals surface area contributed by atoms with Crippen LogP contribution in [0.1, 0.15) is 26.2 Å². The number of carbonyl (C=O) groups excluding carboxylic acids is 1. The molecule has 1 saturated heterocycles. The van der Waals surface area contributed by atoms with Crippen LogP contribution in [-0.4, -0.2) is 46.0 Å². The first-order valence-corrected chi connectivity index (χ1v) is 8.52. The van der Waals surface area contributed by atoms with Crippen LogP contribution in [0.4, 0.5) is 0 Å². The summed E-state index contributed by atoms with van der Waals surface area (Å²) in [4.78, 5) is 22.6. The van der Waals surface area contributed by atoms with Crippen LogP contribution >= 0.6 is 23.5 Å². The van der Waals surface area contributed by atoms with Gasteiger partial charge in [-0.15, -0.1) is 0 Å². The van der Waals surface area contributed by atoms with E-state index in [1.54, 1.807) is 0 Å². The summed E-state index contributed by atoms with van der Waals surface area (Å²) in [6, 6.07) is 0. The van der Waals surface area contributed by atoms with Crippen molar-refractivity contribution in [3.63, 3.8) is 0 Å². The van der Waals surface area contributed by atoms with Crippen LogP contribution in [-0.2, 0) is 9.59 Å². The van der Waals surface area contributed by atoms with Crippen LogP contribution in [0.15, 0.2) is 0 Å². The van der Waals surface area contributed by atoms with Crippen molar-refractivity contribution in [1.29, 1.82) is 0 Å². The molecule has 2 N–H and O–H groups in total. The second-order valence-electron chi connectivity index (χ2n) is 4.40. The topological polar surface area (TPSA) is 66.4 Å². The summed E-state index contributed by atoms with van der Waals surface area (Å²) in [7, 11) is 0. The number of rotatable bonds is 7. The second kappa shape index (κ2) is 8.69. The largest absolute Gasteiger partial charge is 0.481 e. The van der Waals surface area contributed by atoms with E-state index in [1.807, 2.05) is 30.4 Å². The van der Waals surface area contributed by atoms with E-state index >= 15 is 0 Å². The standard InChI is InChI=1S/C12H21NO3S2/c1-2-3-9(12(15)16)7-13-11(14)6-10-8-17-4-5-18-10/h9-10H,2-8H2,1H3,(H,13,14)(H,15,16). The number of aliphatic carboxylic acids is 1. The van der Waals surface area contributed by atoms with Gasteiger partial charge in [-0.25, -0.2) is 0 Å². The van der Waals surface area contributed by atoms with Gasteiger partial charge in [-0.3, -0.25) is 9.59 Å². The van der Waals surface area contributed by atoms with Gasteiger partial charge < -0.3 is 10.4 Å². The number of hydrogen-bond acceptors (Lipinski definition) is 4. The van der Waals surface area contributed by atoms with Gasteiger partial charge in [0.15, 0.2) is 0 Å². The Morgan fingerprint density at radius 2 is 2.22 bits per heavy atom. The Labute approximate surface area is 117 Å². The lowest BCUT2D eigenvalue weighted by Gasteiger charge is -2.20. The second-order valence-corrected chi connectivity index (χ2v) is 6.96. The third-order valence-electron chi connectivity index (χ3n) is 2.83. The first kappa shape index (κ1) is 15.7. The molecule has 1 rings (SSSR count). The Kier molecular flexibility index (Phi) is 7.58. The Morgan fingerprint density at radius 3 is 2.78 bits per heavy atom. The third-order valence-corrected chi connectivity index (χ3v) is 5.67. The van der Waals surface area contributed by atoms with Crippen LogP contribution in [0.3, 0.4) is 0 Å². The maximum Gasteiger partial charge on any atom is 0.308 e. The third kappa shape index (κ3) is 6.00. The molecule has 0 aromatic rings. The highest BCUT2D eigenvalue weighted by Crippen LogP contribution is 2.26. The molecule has 0 aromatic heterocycles. The number of carboxylic acid groups (broad SMARTS) is 1. The molecule has 2 atom stereocenters. The molecule has 0 bridgehead atoms. The lowest BCUT2D eigenvalue weighted by atomic mass is 10.0. The smallest absolute Gasteiger partial charge is 0.308 e. The highest BCUT2D eigenvalue weighted by molar-refractivity contribution is 8.06. The Hall–Kier alpha value is -0.360. The molecule has 1 heterocycles. The number of carboxylic acids is 1. The van der Waals surface area contributed by atoms with Crippen molar-refractivity contribution in [2.75, 3.05) is 23.8 Å². The maximum absolute atomic E-state index is 11.7. The zero-order chi connectivity index (χ0) is 13.4. The van der Waals surface area contributed by atoms with E-state index in [0.29, 0.717) is 18.1 Å². The molecule has 6 heteroatoms. The van der Waals surface area contributed by atoms with Crippen molar-refractivity contribution < 1.29 is 14.7 Å². The lowest BCUT2D eigenvalue weighted by Crippen LogP contribution is -2.35. The molecular weight excluding hydrogens is 270 g/mol. The van der Waals surface area contributed by atoms with E-state index in [2.05, 4.69) is 5.32 Å². The van der Waals surface area contributed by atoms with Crippen LogP contribution in [0.25, 0.3) is 0 Å². The van der Waals surface area contributed by atoms with E-state index in [9.17, 15) is 9.59 Å². The van der Waals surface area contributed by atoms with E-state index in [1.165, 1.54) is 5.75 Å². The molecule has 2 unspecified atom stereocenters. The number of carbonyl (C=O) groups is 2. The monoisotopic (exact) mass is 291 g/mol. The average molecular weight is 291 g/mol. The molecule has 18 heavy (non-hydrogen) atoms. The van der Waals surface area contributed by atoms with Gasteiger partial charge in [-0.1, -0.05) is 13.3 Å². The molecule has 4 nitrogen and oxygen atoms in total. The fourth-order valence-corrected chi connectivity index (χ4v) is 4.51. The van der Waals surface area contributed by atoms with Gasteiger partial charge in [0.25, 0.3) is 0 Å². The Balaban J connectivity index is 2.24. The molecule has 1 amide bonds. The predicted octanol–water partition coefficient (Wildman–Crippen LogP) is 1.84. The van der Waals surface area contributed by atoms with Gasteiger partial charge in [0.2, 0.25) is 5.91 Å². The fourth-order valence-electron chi connectivity index (χ4n) is 1.83. The van der Waals surface area contributed by atoms with Gasteiger partial charge in [0.1, 0.15) is 0 Å². The number of thioether (sulfide) groups is 2. The van der Waals surface area contributed by atoms with Crippen molar-refractivity contribution in [3.05, 3.63) is 0 Å². The zero-order valence-electron chi connectivity index (χ0n) is 10.7. The van der Waals surface area contributed by atoms with E-state index in [-0.39, 0.29) is 12.5 Å². The van der Waals surface area contributed by atoms with Crippen LogP contribution < -0.4 is 5.32 Å². The molecule has 0 saturated carbocycles. The van der Waals surface area contributed by atoms with Gasteiger partial charge in [0.05, 0.1) is 5.92 Å². The molecule has 104 valence electrons. The molecule has 1 aliphatic rings. The summed E-state index contributed by atoms with van der Waals surface area (Å²) in [6.07, 6.45) is 1.95. The Bertz CT molecular complexity index is 280. The fraction of sp³-hybridized carbons (Fsp3) is 0.833. The van der Waals surface area contributed by atoms with E-state index in [0.717, 1.165) is 17.9 Å². The minimum Gasteiger partial charge on any atom is -0.481 e. The lowest BCUT2D eigenvalue weighted by molar-refractivity contribution is -0.141. The quantitative estimate of drug-likeness (QED) is 0.749. The SMILES string of the molecule is CCCC(CNC(=O)CC1CSCCS1)C(=O)O. The van der Waals surface area contributed by atoms with Crippen molar-refractivity contribution >= 4 is 35.4 Å². The summed E-state index contributed by atoms with van der Waals surface area (Å²) in [5.41, 5.74) is 0. The van der Waals surface area contributed by atoms with E-state index < -0.39 is 11.9 Å². The number of hydrogen-bond donors (Lipinski definition) is 2. The Morgan fingerprint density at radius 1 is 1.44 bits per heavy atom. The highest BCUT2D eigenvalue weighted by atomic mass is 32.2. The molecule has 0 aliphatic carbocycles. The van der Waals surface area contributed by atoms with Crippen LogP contribution in [0, 0.1) is 5.92 Å². The minimum absolute atomic E-state index is 0.0163. The van der Waals surface area contributed by atoms with Crippen molar-refractivity contribution in [1.82, 2.24) is 5.32 Å². The van der Waals surface area contributed by atoms with Gasteiger partial charge in [0, 0.05) is 35.5 Å². The summed E-state index contributed by atoms with van der Waals surface area (Å²) in [6.45, 7) is 2.21. The van der Waals surface area contributed by atoms with Crippen molar-refractivity contribution in [2.24, 2.45) is 5.92 Å². The molecule has 0 spiro atoms. The summed E-state index contributed by atoms with van der Waals surface area (Å²) >= 11 is 3.73. The number of amides is 1. The van der Waals surface area contributed by atoms with E-state index in [4.69, 9.17) is 5.11 Å². The summed E-state index contributed by atoms with van der Waals surface area (Å²) in [5.74, 6) is 2.01. The average Bonchev–Trinajstić information content (AvgIpc) is 2.35. The van der Waals surface area contributed by atoms with Crippen LogP contribution in [0.5, 0.6) is 0 Å². The minimum atomic E-state index is -0.820. The summed E-state index contributed by atoms with van der Waals surface area (Å²) < 4.78 is 0. The first-order valence-electron chi connectivity index (χ1n) is 6.32.